The molecule has 0 bridgehead atoms. The molecule has 2 aromatic rings. The van der Waals surface area contributed by atoms with E-state index in [1.807, 2.05) is 32.0 Å². The highest BCUT2D eigenvalue weighted by molar-refractivity contribution is 6.48. The highest BCUT2D eigenvalue weighted by Gasteiger charge is 2.14. The summed E-state index contributed by atoms with van der Waals surface area (Å²) in [6.45, 7) is 4.74. The van der Waals surface area contributed by atoms with E-state index >= 15 is 0 Å². The van der Waals surface area contributed by atoms with Crippen molar-refractivity contribution in [2.75, 3.05) is 0 Å². The standard InChI is InChI=1S/C15H15Cl3N2/c1-9-4-3-7-19-13(9)8-20-10(2)11-5-6-12(16)15(18)14(11)17/h3-7,10,20H,8H2,1-2H3. The number of nitrogens with one attached hydrogen (secondary N) is 1. The second-order valence-corrected chi connectivity index (χ2v) is 5.80. The summed E-state index contributed by atoms with van der Waals surface area (Å²) in [6, 6.07) is 7.67. The normalized spacial score (nSPS) is 12.4. The Kier molecular flexibility index (Phi) is 5.28. The summed E-state index contributed by atoms with van der Waals surface area (Å²) in [5, 5.41) is 4.75. The summed E-state index contributed by atoms with van der Waals surface area (Å²) in [5.74, 6) is 0. The number of pyridine rings is 1. The first kappa shape index (κ1) is 15.6. The predicted octanol–water partition coefficient (Wildman–Crippen LogP) is 5.20. The van der Waals surface area contributed by atoms with Crippen LogP contribution in [0.3, 0.4) is 0 Å². The van der Waals surface area contributed by atoms with Crippen LogP contribution in [-0.2, 0) is 6.54 Å². The van der Waals surface area contributed by atoms with E-state index in [-0.39, 0.29) is 6.04 Å². The molecular weight excluding hydrogens is 315 g/mol. The van der Waals surface area contributed by atoms with Gasteiger partial charge in [-0.15, -0.1) is 0 Å². The van der Waals surface area contributed by atoms with Crippen LogP contribution < -0.4 is 5.32 Å². The minimum Gasteiger partial charge on any atom is -0.305 e. The molecule has 1 unspecified atom stereocenters. The van der Waals surface area contributed by atoms with Crippen LogP contribution in [0.5, 0.6) is 0 Å². The quantitative estimate of drug-likeness (QED) is 0.780. The average Bonchev–Trinajstić information content (AvgIpc) is 2.44. The molecule has 0 aliphatic heterocycles. The third-order valence-electron chi connectivity index (χ3n) is 3.23. The lowest BCUT2D eigenvalue weighted by atomic mass is 10.1. The van der Waals surface area contributed by atoms with Gasteiger partial charge in [-0.3, -0.25) is 4.98 Å². The van der Waals surface area contributed by atoms with Crippen LogP contribution in [0, 0.1) is 6.92 Å². The van der Waals surface area contributed by atoms with Gasteiger partial charge in [-0.05, 0) is 37.1 Å². The first-order chi connectivity index (χ1) is 9.50. The van der Waals surface area contributed by atoms with Crippen molar-refractivity contribution in [3.63, 3.8) is 0 Å². The van der Waals surface area contributed by atoms with Crippen molar-refractivity contribution >= 4 is 34.8 Å². The van der Waals surface area contributed by atoms with Gasteiger partial charge in [-0.2, -0.15) is 0 Å². The average molecular weight is 330 g/mol. The van der Waals surface area contributed by atoms with Crippen LogP contribution >= 0.6 is 34.8 Å². The van der Waals surface area contributed by atoms with Gasteiger partial charge in [0.25, 0.3) is 0 Å². The fourth-order valence-electron chi connectivity index (χ4n) is 1.94. The Hall–Kier alpha value is -0.800. The molecule has 0 saturated heterocycles. The largest absolute Gasteiger partial charge is 0.305 e. The van der Waals surface area contributed by atoms with E-state index in [0.29, 0.717) is 21.6 Å². The lowest BCUT2D eigenvalue weighted by Crippen LogP contribution is -2.19. The maximum absolute atomic E-state index is 6.23. The predicted molar refractivity (Wildman–Crippen MR) is 85.7 cm³/mol. The molecule has 20 heavy (non-hydrogen) atoms. The number of benzene rings is 1. The van der Waals surface area contributed by atoms with Gasteiger partial charge in [0.15, 0.2) is 0 Å². The third-order valence-corrected chi connectivity index (χ3v) is 4.53. The van der Waals surface area contributed by atoms with Crippen molar-refractivity contribution in [1.82, 2.24) is 10.3 Å². The zero-order valence-electron chi connectivity index (χ0n) is 11.3. The lowest BCUT2D eigenvalue weighted by molar-refractivity contribution is 0.566. The van der Waals surface area contributed by atoms with E-state index in [2.05, 4.69) is 10.3 Å². The molecule has 1 aromatic carbocycles. The highest BCUT2D eigenvalue weighted by Crippen LogP contribution is 2.35. The van der Waals surface area contributed by atoms with Crippen molar-refractivity contribution in [3.05, 3.63) is 62.4 Å². The Morgan fingerprint density at radius 3 is 2.60 bits per heavy atom. The van der Waals surface area contributed by atoms with Gasteiger partial charge in [-0.1, -0.05) is 46.9 Å². The first-order valence-corrected chi connectivity index (χ1v) is 7.41. The molecule has 106 valence electrons. The molecule has 0 aliphatic carbocycles. The SMILES string of the molecule is Cc1cccnc1CNC(C)c1ccc(Cl)c(Cl)c1Cl. The van der Waals surface area contributed by atoms with Crippen LogP contribution in [0.4, 0.5) is 0 Å². The van der Waals surface area contributed by atoms with Crippen molar-refractivity contribution in [2.24, 2.45) is 0 Å². The van der Waals surface area contributed by atoms with Gasteiger partial charge in [0.05, 0.1) is 20.8 Å². The molecular formula is C15H15Cl3N2. The molecule has 0 amide bonds. The molecule has 1 aromatic heterocycles. The Labute approximate surface area is 134 Å². The van der Waals surface area contributed by atoms with Gasteiger partial charge in [-0.25, -0.2) is 0 Å². The molecule has 1 heterocycles. The van der Waals surface area contributed by atoms with Crippen LogP contribution in [0.25, 0.3) is 0 Å². The van der Waals surface area contributed by atoms with Gasteiger partial charge >= 0.3 is 0 Å². The van der Waals surface area contributed by atoms with Gasteiger partial charge in [0.2, 0.25) is 0 Å². The maximum Gasteiger partial charge on any atom is 0.0781 e. The number of hydrogen-bond donors (Lipinski definition) is 1. The number of rotatable bonds is 4. The van der Waals surface area contributed by atoms with Crippen LogP contribution in [0.15, 0.2) is 30.5 Å². The molecule has 1 N–H and O–H groups in total. The van der Waals surface area contributed by atoms with E-state index in [4.69, 9.17) is 34.8 Å². The van der Waals surface area contributed by atoms with Crippen molar-refractivity contribution < 1.29 is 0 Å². The second-order valence-electron chi connectivity index (χ2n) is 4.63. The zero-order valence-corrected chi connectivity index (χ0v) is 13.5. The summed E-state index contributed by atoms with van der Waals surface area (Å²) < 4.78 is 0. The Morgan fingerprint density at radius 1 is 1.15 bits per heavy atom. The smallest absolute Gasteiger partial charge is 0.0781 e. The molecule has 1 atom stereocenters. The van der Waals surface area contributed by atoms with Crippen LogP contribution in [0.2, 0.25) is 15.1 Å². The molecule has 0 saturated carbocycles. The van der Waals surface area contributed by atoms with Gasteiger partial charge in [0.1, 0.15) is 0 Å². The molecule has 0 fully saturated rings. The molecule has 2 rings (SSSR count). The summed E-state index contributed by atoms with van der Waals surface area (Å²) in [5.41, 5.74) is 3.11. The first-order valence-electron chi connectivity index (χ1n) is 6.28. The molecule has 0 aliphatic rings. The van der Waals surface area contributed by atoms with Crippen LogP contribution in [0.1, 0.15) is 29.8 Å². The monoisotopic (exact) mass is 328 g/mol. The Bertz CT molecular complexity index is 614. The number of hydrogen-bond acceptors (Lipinski definition) is 2. The minimum atomic E-state index is 0.0543. The fraction of sp³-hybridized carbons (Fsp3) is 0.267. The van der Waals surface area contributed by atoms with E-state index in [0.717, 1.165) is 16.8 Å². The van der Waals surface area contributed by atoms with Crippen LogP contribution in [-0.4, -0.2) is 4.98 Å². The number of nitrogens with zero attached hydrogens (tertiary/aromatic N) is 1. The zero-order chi connectivity index (χ0) is 14.7. The van der Waals surface area contributed by atoms with Crippen molar-refractivity contribution in [1.29, 1.82) is 0 Å². The van der Waals surface area contributed by atoms with E-state index in [1.165, 1.54) is 0 Å². The molecule has 0 spiro atoms. The number of halogens is 3. The van der Waals surface area contributed by atoms with E-state index in [1.54, 1.807) is 12.3 Å². The molecule has 2 nitrogen and oxygen atoms in total. The summed E-state index contributed by atoms with van der Waals surface area (Å²) in [7, 11) is 0. The number of aryl methyl sites for hydroxylation is 1. The van der Waals surface area contributed by atoms with Gasteiger partial charge in [0, 0.05) is 18.8 Å². The third kappa shape index (κ3) is 3.44. The van der Waals surface area contributed by atoms with Crippen molar-refractivity contribution in [3.8, 4) is 0 Å². The molecule has 0 radical (unpaired) electrons. The summed E-state index contributed by atoms with van der Waals surface area (Å²) in [6.07, 6.45) is 1.79. The minimum absolute atomic E-state index is 0.0543. The van der Waals surface area contributed by atoms with E-state index in [9.17, 15) is 0 Å². The Balaban J connectivity index is 2.11. The highest BCUT2D eigenvalue weighted by atomic mass is 35.5. The second kappa shape index (κ2) is 6.77. The van der Waals surface area contributed by atoms with Crippen molar-refractivity contribution in [2.45, 2.75) is 26.4 Å². The van der Waals surface area contributed by atoms with E-state index < -0.39 is 0 Å². The lowest BCUT2D eigenvalue weighted by Gasteiger charge is -2.17. The fourth-order valence-corrected chi connectivity index (χ4v) is 2.64. The summed E-state index contributed by atoms with van der Waals surface area (Å²) in [4.78, 5) is 4.36. The maximum atomic E-state index is 6.23. The topological polar surface area (TPSA) is 24.9 Å². The number of aromatic nitrogens is 1. The van der Waals surface area contributed by atoms with Gasteiger partial charge < -0.3 is 5.32 Å². The summed E-state index contributed by atoms with van der Waals surface area (Å²) >= 11 is 18.2. The molecule has 5 heteroatoms. The Morgan fingerprint density at radius 2 is 1.90 bits per heavy atom.